The van der Waals surface area contributed by atoms with Gasteiger partial charge >= 0.3 is 0 Å². The van der Waals surface area contributed by atoms with E-state index in [1.165, 1.54) is 23.1 Å². The van der Waals surface area contributed by atoms with Crippen molar-refractivity contribution in [3.8, 4) is 0 Å². The van der Waals surface area contributed by atoms with E-state index in [4.69, 9.17) is 4.42 Å². The van der Waals surface area contributed by atoms with Crippen molar-refractivity contribution >= 4 is 5.91 Å². The number of amides is 1. The van der Waals surface area contributed by atoms with Crippen molar-refractivity contribution in [2.75, 3.05) is 6.54 Å². The summed E-state index contributed by atoms with van der Waals surface area (Å²) in [5, 5.41) is 12.7. The van der Waals surface area contributed by atoms with Gasteiger partial charge in [-0.15, -0.1) is 0 Å². The molecule has 2 rings (SSSR count). The highest BCUT2D eigenvalue weighted by Crippen LogP contribution is 2.19. The minimum Gasteiger partial charge on any atom is -0.466 e. The number of hydrogen-bond acceptors (Lipinski definition) is 4. The molecule has 2 N–H and O–H groups in total. The van der Waals surface area contributed by atoms with Gasteiger partial charge in [0.2, 0.25) is 5.91 Å². The van der Waals surface area contributed by atoms with Crippen LogP contribution in [0.15, 0.2) is 52.0 Å². The van der Waals surface area contributed by atoms with Crippen LogP contribution in [-0.2, 0) is 16.9 Å². The van der Waals surface area contributed by atoms with Crippen LogP contribution in [0.1, 0.15) is 12.7 Å². The van der Waals surface area contributed by atoms with Crippen LogP contribution in [0.4, 0.5) is 0 Å². The lowest BCUT2D eigenvalue weighted by molar-refractivity contribution is -0.123. The van der Waals surface area contributed by atoms with Crippen LogP contribution in [0.25, 0.3) is 0 Å². The zero-order valence-corrected chi connectivity index (χ0v) is 11.1. The molecule has 0 saturated carbocycles. The molecular weight excluding hydrogens is 260 g/mol. The molecule has 1 unspecified atom stereocenters. The maximum Gasteiger partial charge on any atom is 0.250 e. The summed E-state index contributed by atoms with van der Waals surface area (Å²) >= 11 is 0. The average Bonchev–Trinajstić information content (AvgIpc) is 2.94. The number of aromatic nitrogens is 1. The van der Waals surface area contributed by atoms with Gasteiger partial charge in [-0.1, -0.05) is 6.07 Å². The summed E-state index contributed by atoms with van der Waals surface area (Å²) in [5.74, 6) is 0.0137. The molecule has 0 aliphatic heterocycles. The van der Waals surface area contributed by atoms with Crippen molar-refractivity contribution in [3.05, 3.63) is 58.9 Å². The lowest BCUT2D eigenvalue weighted by Gasteiger charge is -2.21. The van der Waals surface area contributed by atoms with Gasteiger partial charge < -0.3 is 19.4 Å². The summed E-state index contributed by atoms with van der Waals surface area (Å²) in [6.07, 6.45) is 2.99. The van der Waals surface area contributed by atoms with E-state index in [-0.39, 0.29) is 24.6 Å². The van der Waals surface area contributed by atoms with Gasteiger partial charge in [0, 0.05) is 12.3 Å². The van der Waals surface area contributed by atoms with Gasteiger partial charge in [0.25, 0.3) is 5.56 Å². The summed E-state index contributed by atoms with van der Waals surface area (Å²) in [5.41, 5.74) is -1.54. The highest BCUT2D eigenvalue weighted by Gasteiger charge is 2.26. The third-order valence-corrected chi connectivity index (χ3v) is 2.89. The predicted octanol–water partition coefficient (Wildman–Crippen LogP) is 0.465. The highest BCUT2D eigenvalue weighted by molar-refractivity contribution is 5.75. The van der Waals surface area contributed by atoms with Crippen molar-refractivity contribution < 1.29 is 14.3 Å². The molecule has 2 heterocycles. The maximum absolute atomic E-state index is 11.8. The Bertz CT molecular complexity index is 629. The van der Waals surface area contributed by atoms with Gasteiger partial charge in [-0.3, -0.25) is 9.59 Å². The molecule has 1 atom stereocenters. The molecule has 0 aromatic carbocycles. The molecule has 0 spiro atoms. The molecule has 2 aromatic heterocycles. The van der Waals surface area contributed by atoms with E-state index in [0.717, 1.165) is 0 Å². The molecule has 0 fully saturated rings. The van der Waals surface area contributed by atoms with E-state index in [9.17, 15) is 14.7 Å². The largest absolute Gasteiger partial charge is 0.466 e. The Morgan fingerprint density at radius 3 is 2.85 bits per heavy atom. The SMILES string of the molecule is CC(O)(CNC(=O)Cn1ccccc1=O)c1ccco1. The first-order chi connectivity index (χ1) is 9.49. The van der Waals surface area contributed by atoms with Crippen molar-refractivity contribution in [2.24, 2.45) is 0 Å². The van der Waals surface area contributed by atoms with Gasteiger partial charge in [-0.25, -0.2) is 0 Å². The molecule has 20 heavy (non-hydrogen) atoms. The topological polar surface area (TPSA) is 84.5 Å². The van der Waals surface area contributed by atoms with Gasteiger partial charge in [0.05, 0.1) is 12.8 Å². The Hall–Kier alpha value is -2.34. The number of hydrogen-bond donors (Lipinski definition) is 2. The van der Waals surface area contributed by atoms with Crippen molar-refractivity contribution in [1.29, 1.82) is 0 Å². The Balaban J connectivity index is 1.93. The number of nitrogens with zero attached hydrogens (tertiary/aromatic N) is 1. The quantitative estimate of drug-likeness (QED) is 0.831. The molecule has 0 bridgehead atoms. The normalized spacial score (nSPS) is 13.7. The van der Waals surface area contributed by atoms with E-state index in [2.05, 4.69) is 5.32 Å². The summed E-state index contributed by atoms with van der Waals surface area (Å²) in [6.45, 7) is 1.45. The van der Waals surface area contributed by atoms with E-state index < -0.39 is 5.60 Å². The summed E-state index contributed by atoms with van der Waals surface area (Å²) < 4.78 is 6.40. The van der Waals surface area contributed by atoms with Crippen molar-refractivity contribution in [1.82, 2.24) is 9.88 Å². The predicted molar refractivity (Wildman–Crippen MR) is 72.0 cm³/mol. The molecule has 6 nitrogen and oxygen atoms in total. The number of nitrogens with one attached hydrogen (secondary N) is 1. The molecule has 0 radical (unpaired) electrons. The van der Waals surface area contributed by atoms with Crippen LogP contribution in [0.3, 0.4) is 0 Å². The van der Waals surface area contributed by atoms with Crippen LogP contribution in [0.2, 0.25) is 0 Å². The Kier molecular flexibility index (Phi) is 4.05. The van der Waals surface area contributed by atoms with Crippen LogP contribution in [0, 0.1) is 0 Å². The summed E-state index contributed by atoms with van der Waals surface area (Å²) in [6, 6.07) is 7.96. The molecule has 1 amide bonds. The minimum absolute atomic E-state index is 0.000923. The second-order valence-corrected chi connectivity index (χ2v) is 4.69. The number of rotatable bonds is 5. The fourth-order valence-corrected chi connectivity index (χ4v) is 1.74. The number of aliphatic hydroxyl groups is 1. The zero-order chi connectivity index (χ0) is 14.6. The zero-order valence-electron chi connectivity index (χ0n) is 11.1. The van der Waals surface area contributed by atoms with Gasteiger partial charge in [-0.2, -0.15) is 0 Å². The van der Waals surface area contributed by atoms with E-state index >= 15 is 0 Å². The number of pyridine rings is 1. The maximum atomic E-state index is 11.8. The second kappa shape index (κ2) is 5.75. The molecule has 0 aliphatic rings. The molecule has 0 aliphatic carbocycles. The van der Waals surface area contributed by atoms with Gasteiger partial charge in [0.15, 0.2) is 0 Å². The van der Waals surface area contributed by atoms with Crippen LogP contribution in [0.5, 0.6) is 0 Å². The van der Waals surface area contributed by atoms with Gasteiger partial charge in [0.1, 0.15) is 17.9 Å². The Morgan fingerprint density at radius 1 is 1.40 bits per heavy atom. The Morgan fingerprint density at radius 2 is 2.20 bits per heavy atom. The third-order valence-electron chi connectivity index (χ3n) is 2.89. The molecule has 6 heteroatoms. The van der Waals surface area contributed by atoms with E-state index in [1.807, 2.05) is 0 Å². The van der Waals surface area contributed by atoms with Crippen molar-refractivity contribution in [3.63, 3.8) is 0 Å². The molecule has 2 aromatic rings. The molecule has 106 valence electrons. The first-order valence-electron chi connectivity index (χ1n) is 6.17. The van der Waals surface area contributed by atoms with Crippen LogP contribution < -0.4 is 10.9 Å². The van der Waals surface area contributed by atoms with E-state index in [1.54, 1.807) is 31.2 Å². The lowest BCUT2D eigenvalue weighted by Crippen LogP contribution is -2.40. The highest BCUT2D eigenvalue weighted by atomic mass is 16.4. The van der Waals surface area contributed by atoms with E-state index in [0.29, 0.717) is 5.76 Å². The van der Waals surface area contributed by atoms with Gasteiger partial charge in [-0.05, 0) is 25.1 Å². The first kappa shape index (κ1) is 14.1. The fourth-order valence-electron chi connectivity index (χ4n) is 1.74. The monoisotopic (exact) mass is 276 g/mol. The number of carbonyl (C=O) groups excluding carboxylic acids is 1. The Labute approximate surface area is 115 Å². The fraction of sp³-hybridized carbons (Fsp3) is 0.286. The first-order valence-corrected chi connectivity index (χ1v) is 6.17. The van der Waals surface area contributed by atoms with Crippen LogP contribution >= 0.6 is 0 Å². The second-order valence-electron chi connectivity index (χ2n) is 4.69. The lowest BCUT2D eigenvalue weighted by atomic mass is 10.0. The smallest absolute Gasteiger partial charge is 0.250 e. The standard InChI is InChI=1S/C14H16N2O4/c1-14(19,11-5-4-8-20-11)10-15-12(17)9-16-7-3-2-6-13(16)18/h2-8,19H,9-10H2,1H3,(H,15,17). The minimum atomic E-state index is -1.29. The van der Waals surface area contributed by atoms with Crippen LogP contribution in [-0.4, -0.2) is 22.1 Å². The third kappa shape index (κ3) is 3.36. The summed E-state index contributed by atoms with van der Waals surface area (Å²) in [4.78, 5) is 23.2. The molecular formula is C14H16N2O4. The van der Waals surface area contributed by atoms with Crippen molar-refractivity contribution in [2.45, 2.75) is 19.1 Å². The number of furan rings is 1. The molecule has 0 saturated heterocycles. The summed E-state index contributed by atoms with van der Waals surface area (Å²) in [7, 11) is 0. The number of carbonyl (C=O) groups is 1. The average molecular weight is 276 g/mol.